The standard InChI is InChI=1S/C25H38O5/c1-16(8-11-23(29)30-4)18-9-10-19-17(15-22(27)28)20(12-14-24(18,19)2)25(3)13-6-5-7-21(25)26/h5,7,16-20H,6,8-15H2,1-4H3,(H,27,28)/t16-,17+,18-,19+,20+,24-,25-/m1/s1. The van der Waals surface area contributed by atoms with Crippen molar-refractivity contribution in [3.05, 3.63) is 12.2 Å². The number of ketones is 1. The van der Waals surface area contributed by atoms with Gasteiger partial charge in [-0.2, -0.15) is 0 Å². The van der Waals surface area contributed by atoms with Crippen LogP contribution in [0.5, 0.6) is 0 Å². The van der Waals surface area contributed by atoms with E-state index in [2.05, 4.69) is 20.8 Å². The van der Waals surface area contributed by atoms with Gasteiger partial charge in [0.05, 0.1) is 7.11 Å². The minimum atomic E-state index is -0.751. The van der Waals surface area contributed by atoms with E-state index in [-0.39, 0.29) is 35.4 Å². The van der Waals surface area contributed by atoms with E-state index in [1.54, 1.807) is 6.08 Å². The monoisotopic (exact) mass is 418 g/mol. The van der Waals surface area contributed by atoms with Gasteiger partial charge in [-0.3, -0.25) is 14.4 Å². The minimum Gasteiger partial charge on any atom is -0.481 e. The molecule has 0 aromatic rings. The summed E-state index contributed by atoms with van der Waals surface area (Å²) in [5.74, 6) is 0.653. The second-order valence-electron chi connectivity index (χ2n) is 10.5. The number of allylic oxidation sites excluding steroid dienone is 2. The molecule has 5 nitrogen and oxygen atoms in total. The third-order valence-corrected chi connectivity index (χ3v) is 9.12. The first-order chi connectivity index (χ1) is 14.1. The first-order valence-corrected chi connectivity index (χ1v) is 11.6. The van der Waals surface area contributed by atoms with Crippen molar-refractivity contribution in [2.24, 2.45) is 40.4 Å². The molecule has 0 unspecified atom stereocenters. The molecule has 0 heterocycles. The molecule has 3 aliphatic rings. The van der Waals surface area contributed by atoms with Crippen LogP contribution in [0.1, 0.15) is 78.6 Å². The number of aliphatic carboxylic acids is 1. The Balaban J connectivity index is 1.84. The van der Waals surface area contributed by atoms with Crippen LogP contribution in [0.4, 0.5) is 0 Å². The number of ether oxygens (including phenoxy) is 1. The fourth-order valence-corrected chi connectivity index (χ4v) is 7.44. The zero-order valence-electron chi connectivity index (χ0n) is 19.0. The molecule has 3 aliphatic carbocycles. The molecular weight excluding hydrogens is 380 g/mol. The van der Waals surface area contributed by atoms with Crippen molar-refractivity contribution < 1.29 is 24.2 Å². The van der Waals surface area contributed by atoms with Gasteiger partial charge in [0.25, 0.3) is 0 Å². The lowest BCUT2D eigenvalue weighted by molar-refractivity contribution is -0.146. The summed E-state index contributed by atoms with van der Waals surface area (Å²) in [5, 5.41) is 9.73. The fourth-order valence-electron chi connectivity index (χ4n) is 7.44. The first kappa shape index (κ1) is 23.0. The van der Waals surface area contributed by atoms with E-state index >= 15 is 0 Å². The number of rotatable bonds is 7. The van der Waals surface area contributed by atoms with Crippen LogP contribution in [0.2, 0.25) is 0 Å². The Labute approximate surface area is 180 Å². The number of carbonyl (C=O) groups excluding carboxylic acids is 2. The number of carbonyl (C=O) groups is 3. The highest BCUT2D eigenvalue weighted by Gasteiger charge is 2.58. The Morgan fingerprint density at radius 1 is 1.20 bits per heavy atom. The average molecular weight is 419 g/mol. The number of hydrogen-bond donors (Lipinski definition) is 1. The zero-order chi connectivity index (χ0) is 22.1. The molecule has 168 valence electrons. The Morgan fingerprint density at radius 2 is 1.93 bits per heavy atom. The van der Waals surface area contributed by atoms with Crippen LogP contribution in [-0.4, -0.2) is 29.9 Å². The van der Waals surface area contributed by atoms with Crippen LogP contribution in [0, 0.1) is 40.4 Å². The molecule has 0 aromatic carbocycles. The highest BCUT2D eigenvalue weighted by atomic mass is 16.5. The van der Waals surface area contributed by atoms with Crippen LogP contribution in [-0.2, 0) is 19.1 Å². The first-order valence-electron chi connectivity index (χ1n) is 11.6. The number of hydrogen-bond acceptors (Lipinski definition) is 4. The largest absolute Gasteiger partial charge is 0.481 e. The maximum atomic E-state index is 12.9. The van der Waals surface area contributed by atoms with Gasteiger partial charge in [0.1, 0.15) is 0 Å². The van der Waals surface area contributed by atoms with E-state index in [1.807, 2.05) is 6.08 Å². The molecule has 7 atom stereocenters. The molecule has 5 heteroatoms. The summed E-state index contributed by atoms with van der Waals surface area (Å²) in [5.41, 5.74) is -0.360. The number of fused-ring (bicyclic) bond motifs is 1. The fraction of sp³-hybridized carbons (Fsp3) is 0.800. The molecule has 0 radical (unpaired) electrons. The quantitative estimate of drug-likeness (QED) is 0.586. The van der Waals surface area contributed by atoms with Gasteiger partial charge in [-0.05, 0) is 86.0 Å². The third-order valence-electron chi connectivity index (χ3n) is 9.12. The third kappa shape index (κ3) is 4.09. The molecule has 30 heavy (non-hydrogen) atoms. The van der Waals surface area contributed by atoms with Gasteiger partial charge in [0, 0.05) is 18.3 Å². The van der Waals surface area contributed by atoms with Crippen LogP contribution < -0.4 is 0 Å². The maximum absolute atomic E-state index is 12.9. The predicted molar refractivity (Wildman–Crippen MR) is 115 cm³/mol. The van der Waals surface area contributed by atoms with Crippen LogP contribution >= 0.6 is 0 Å². The van der Waals surface area contributed by atoms with Crippen molar-refractivity contribution in [1.82, 2.24) is 0 Å². The van der Waals surface area contributed by atoms with Gasteiger partial charge >= 0.3 is 11.9 Å². The molecular formula is C25H38O5. The topological polar surface area (TPSA) is 80.7 Å². The summed E-state index contributed by atoms with van der Waals surface area (Å²) in [6, 6.07) is 0. The van der Waals surface area contributed by atoms with Crippen molar-refractivity contribution in [3.63, 3.8) is 0 Å². The van der Waals surface area contributed by atoms with Gasteiger partial charge in [-0.15, -0.1) is 0 Å². The molecule has 0 aliphatic heterocycles. The van der Waals surface area contributed by atoms with Crippen molar-refractivity contribution in [2.75, 3.05) is 7.11 Å². The number of carboxylic acids is 1. The summed E-state index contributed by atoms with van der Waals surface area (Å²) in [6.07, 6.45) is 10.9. The molecule has 1 N–H and O–H groups in total. The van der Waals surface area contributed by atoms with E-state index in [0.717, 1.165) is 44.9 Å². The van der Waals surface area contributed by atoms with Gasteiger partial charge in [0.2, 0.25) is 0 Å². The van der Waals surface area contributed by atoms with Crippen LogP contribution in [0.15, 0.2) is 12.2 Å². The van der Waals surface area contributed by atoms with Crippen LogP contribution in [0.25, 0.3) is 0 Å². The smallest absolute Gasteiger partial charge is 0.305 e. The van der Waals surface area contributed by atoms with Crippen molar-refractivity contribution in [1.29, 1.82) is 0 Å². The normalized spacial score (nSPS) is 39.4. The molecule has 0 saturated heterocycles. The SMILES string of the molecule is COC(=O)CC[C@@H](C)[C@H]1CC[C@H]2[C@H](CC(=O)O)[C@@H]([C@@]3(C)CCC=CC3=O)CC[C@]12C. The highest BCUT2D eigenvalue weighted by Crippen LogP contribution is 2.64. The minimum absolute atomic E-state index is 0.0412. The molecule has 0 amide bonds. The van der Waals surface area contributed by atoms with E-state index < -0.39 is 11.4 Å². The summed E-state index contributed by atoms with van der Waals surface area (Å²) in [7, 11) is 1.43. The van der Waals surface area contributed by atoms with E-state index in [1.165, 1.54) is 7.11 Å². The van der Waals surface area contributed by atoms with E-state index in [4.69, 9.17) is 4.74 Å². The van der Waals surface area contributed by atoms with E-state index in [0.29, 0.717) is 24.2 Å². The number of carboxylic acid groups (broad SMARTS) is 1. The summed E-state index contributed by atoms with van der Waals surface area (Å²) < 4.78 is 4.82. The highest BCUT2D eigenvalue weighted by molar-refractivity contribution is 5.95. The molecule has 0 bridgehead atoms. The van der Waals surface area contributed by atoms with Crippen molar-refractivity contribution in [2.45, 2.75) is 78.6 Å². The molecule has 2 fully saturated rings. The van der Waals surface area contributed by atoms with Gasteiger partial charge < -0.3 is 9.84 Å². The summed E-state index contributed by atoms with van der Waals surface area (Å²) in [6.45, 7) is 6.66. The zero-order valence-corrected chi connectivity index (χ0v) is 19.0. The lowest BCUT2D eigenvalue weighted by Crippen LogP contribution is -2.50. The molecule has 0 aromatic heterocycles. The second kappa shape index (κ2) is 8.84. The Morgan fingerprint density at radius 3 is 2.57 bits per heavy atom. The molecule has 2 saturated carbocycles. The van der Waals surface area contributed by atoms with Gasteiger partial charge in [-0.25, -0.2) is 0 Å². The second-order valence-corrected chi connectivity index (χ2v) is 10.5. The van der Waals surface area contributed by atoms with Crippen molar-refractivity contribution in [3.8, 4) is 0 Å². The van der Waals surface area contributed by atoms with Gasteiger partial charge in [-0.1, -0.05) is 26.8 Å². The summed E-state index contributed by atoms with van der Waals surface area (Å²) >= 11 is 0. The van der Waals surface area contributed by atoms with E-state index in [9.17, 15) is 19.5 Å². The lowest BCUT2D eigenvalue weighted by Gasteiger charge is -2.54. The molecule has 0 spiro atoms. The summed E-state index contributed by atoms with van der Waals surface area (Å²) in [4.78, 5) is 36.4. The van der Waals surface area contributed by atoms with Gasteiger partial charge in [0.15, 0.2) is 5.78 Å². The lowest BCUT2D eigenvalue weighted by atomic mass is 9.50. The Bertz CT molecular complexity index is 712. The predicted octanol–water partition coefficient (Wildman–Crippen LogP) is 5.03. The average Bonchev–Trinajstić information content (AvgIpc) is 3.05. The molecule has 3 rings (SSSR count). The number of esters is 1. The maximum Gasteiger partial charge on any atom is 0.305 e. The number of methoxy groups -OCH3 is 1. The van der Waals surface area contributed by atoms with Crippen molar-refractivity contribution >= 4 is 17.7 Å². The Hall–Kier alpha value is -1.65. The van der Waals surface area contributed by atoms with Crippen LogP contribution in [0.3, 0.4) is 0 Å². The Kier molecular flexibility index (Phi) is 6.78.